The second-order valence-electron chi connectivity index (χ2n) is 4.15. The largest absolute Gasteiger partial charge is 0.459 e. The van der Waals surface area contributed by atoms with E-state index in [1.54, 1.807) is 25.3 Å². The summed E-state index contributed by atoms with van der Waals surface area (Å²) in [4.78, 5) is 16.0. The monoisotopic (exact) mass is 339 g/mol. The minimum Gasteiger partial charge on any atom is -0.459 e. The Morgan fingerprint density at radius 3 is 2.95 bits per heavy atom. The molecule has 1 unspecified atom stereocenters. The van der Waals surface area contributed by atoms with Gasteiger partial charge < -0.3 is 9.47 Å². The molecule has 6 nitrogen and oxygen atoms in total. The number of methoxy groups -OCH3 is 1. The first-order valence-corrected chi connectivity index (χ1v) is 6.75. The van der Waals surface area contributed by atoms with Crippen LogP contribution in [0.5, 0.6) is 0 Å². The van der Waals surface area contributed by atoms with Crippen LogP contribution in [-0.4, -0.2) is 40.6 Å². The van der Waals surface area contributed by atoms with Crippen molar-refractivity contribution in [2.24, 2.45) is 0 Å². The molecule has 0 N–H and O–H groups in total. The van der Waals surface area contributed by atoms with Gasteiger partial charge in [0.2, 0.25) is 0 Å². The number of halogens is 1. The van der Waals surface area contributed by atoms with Gasteiger partial charge in [0.1, 0.15) is 19.3 Å². The quantitative estimate of drug-likeness (QED) is 0.781. The highest BCUT2D eigenvalue weighted by molar-refractivity contribution is 9.10. The van der Waals surface area contributed by atoms with E-state index < -0.39 is 5.97 Å². The summed E-state index contributed by atoms with van der Waals surface area (Å²) in [6, 6.07) is 5.24. The van der Waals surface area contributed by atoms with Gasteiger partial charge in [-0.05, 0) is 25.1 Å². The minimum atomic E-state index is -0.424. The van der Waals surface area contributed by atoms with Crippen molar-refractivity contribution in [3.05, 3.63) is 40.9 Å². The number of rotatable bonds is 5. The number of hydrogen-bond donors (Lipinski definition) is 0. The van der Waals surface area contributed by atoms with Gasteiger partial charge in [-0.15, -0.1) is 0 Å². The number of aromatic nitrogens is 3. The molecule has 0 radical (unpaired) electrons. The zero-order valence-electron chi connectivity index (χ0n) is 11.1. The number of esters is 1. The van der Waals surface area contributed by atoms with E-state index in [0.717, 1.165) is 4.47 Å². The third-order valence-electron chi connectivity index (χ3n) is 2.70. The summed E-state index contributed by atoms with van der Waals surface area (Å²) in [6.45, 7) is 2.02. The number of nitrogens with zero attached hydrogens (tertiary/aromatic N) is 3. The van der Waals surface area contributed by atoms with Crippen LogP contribution in [0, 0.1) is 0 Å². The molecule has 0 aliphatic carbocycles. The van der Waals surface area contributed by atoms with Gasteiger partial charge in [0.15, 0.2) is 0 Å². The van der Waals surface area contributed by atoms with Gasteiger partial charge in [0, 0.05) is 11.6 Å². The topological polar surface area (TPSA) is 66.2 Å². The zero-order chi connectivity index (χ0) is 14.5. The third-order valence-corrected chi connectivity index (χ3v) is 3.19. The van der Waals surface area contributed by atoms with E-state index >= 15 is 0 Å². The van der Waals surface area contributed by atoms with E-state index in [2.05, 4.69) is 26.0 Å². The summed E-state index contributed by atoms with van der Waals surface area (Å²) in [6.07, 6.45) is 2.78. The summed E-state index contributed by atoms with van der Waals surface area (Å²) in [7, 11) is 1.57. The number of benzene rings is 1. The number of carbonyl (C=O) groups is 1. The van der Waals surface area contributed by atoms with E-state index in [-0.39, 0.29) is 12.7 Å². The Hall–Kier alpha value is -1.73. The van der Waals surface area contributed by atoms with Crippen LogP contribution in [0.2, 0.25) is 0 Å². The van der Waals surface area contributed by atoms with Gasteiger partial charge >= 0.3 is 5.97 Å². The van der Waals surface area contributed by atoms with E-state index in [4.69, 9.17) is 9.47 Å². The number of ether oxygens (including phenoxy) is 2. The highest BCUT2D eigenvalue weighted by atomic mass is 79.9. The Morgan fingerprint density at radius 2 is 2.30 bits per heavy atom. The second-order valence-corrected chi connectivity index (χ2v) is 5.06. The molecule has 0 saturated heterocycles. The predicted molar refractivity (Wildman–Crippen MR) is 75.8 cm³/mol. The number of carbonyl (C=O) groups excluding carboxylic acids is 1. The van der Waals surface area contributed by atoms with Crippen molar-refractivity contribution in [2.45, 2.75) is 13.0 Å². The maximum atomic E-state index is 12.1. The molecule has 0 spiro atoms. The Morgan fingerprint density at radius 1 is 1.50 bits per heavy atom. The van der Waals surface area contributed by atoms with Crippen molar-refractivity contribution >= 4 is 21.9 Å². The maximum Gasteiger partial charge on any atom is 0.340 e. The minimum absolute atomic E-state index is 0.149. The van der Waals surface area contributed by atoms with E-state index in [0.29, 0.717) is 11.3 Å². The lowest BCUT2D eigenvalue weighted by atomic mass is 10.2. The molecule has 0 bridgehead atoms. The van der Waals surface area contributed by atoms with Crippen LogP contribution in [0.25, 0.3) is 5.69 Å². The maximum absolute atomic E-state index is 12.1. The Labute approximate surface area is 124 Å². The predicted octanol–water partition coefficient (Wildman–Crippen LogP) is 2.22. The number of hydrogen-bond acceptors (Lipinski definition) is 5. The van der Waals surface area contributed by atoms with Crippen LogP contribution >= 0.6 is 15.9 Å². The molecule has 1 aromatic heterocycles. The molecule has 2 aromatic rings. The summed E-state index contributed by atoms with van der Waals surface area (Å²) in [5, 5.41) is 4.03. The summed E-state index contributed by atoms with van der Waals surface area (Å²) in [5.41, 5.74) is 1.02. The fourth-order valence-corrected chi connectivity index (χ4v) is 1.89. The Bertz CT molecular complexity index is 587. The normalized spacial score (nSPS) is 12.2. The first-order valence-electron chi connectivity index (χ1n) is 5.96. The van der Waals surface area contributed by atoms with E-state index in [1.165, 1.54) is 17.3 Å². The van der Waals surface area contributed by atoms with Crippen LogP contribution in [0.4, 0.5) is 0 Å². The highest BCUT2D eigenvalue weighted by Crippen LogP contribution is 2.20. The molecular weight excluding hydrogens is 326 g/mol. The zero-order valence-corrected chi connectivity index (χ0v) is 12.7. The first-order chi connectivity index (χ1) is 9.61. The molecule has 1 heterocycles. The van der Waals surface area contributed by atoms with Crippen molar-refractivity contribution in [2.75, 3.05) is 13.7 Å². The van der Waals surface area contributed by atoms with Gasteiger partial charge in [-0.2, -0.15) is 5.10 Å². The van der Waals surface area contributed by atoms with Crippen LogP contribution < -0.4 is 0 Å². The average Bonchev–Trinajstić information content (AvgIpc) is 2.98. The molecule has 106 valence electrons. The highest BCUT2D eigenvalue weighted by Gasteiger charge is 2.16. The van der Waals surface area contributed by atoms with Crippen molar-refractivity contribution in [1.29, 1.82) is 0 Å². The molecule has 2 rings (SSSR count). The molecule has 1 atom stereocenters. The molecule has 1 aromatic carbocycles. The Kier molecular flexibility index (Phi) is 4.86. The smallest absolute Gasteiger partial charge is 0.340 e. The molecule has 0 fully saturated rings. The second kappa shape index (κ2) is 6.62. The fourth-order valence-electron chi connectivity index (χ4n) is 1.54. The van der Waals surface area contributed by atoms with Crippen molar-refractivity contribution in [3.63, 3.8) is 0 Å². The molecular formula is C13H14BrN3O3. The first kappa shape index (κ1) is 14.7. The standard InChI is InChI=1S/C13H14BrN3O3/c1-9(19-2)6-20-13(18)11-4-3-10(14)5-12(11)17-8-15-7-16-17/h3-5,7-9H,6H2,1-2H3. The van der Waals surface area contributed by atoms with Crippen LogP contribution in [-0.2, 0) is 9.47 Å². The summed E-state index contributed by atoms with van der Waals surface area (Å²) in [5.74, 6) is -0.424. The van der Waals surface area contributed by atoms with Gasteiger partial charge in [-0.25, -0.2) is 14.5 Å². The average molecular weight is 340 g/mol. The lowest BCUT2D eigenvalue weighted by Gasteiger charge is -2.12. The third kappa shape index (κ3) is 3.43. The lowest BCUT2D eigenvalue weighted by molar-refractivity contribution is 0.0169. The van der Waals surface area contributed by atoms with Gasteiger partial charge in [0.05, 0.1) is 17.4 Å². The molecule has 7 heteroatoms. The van der Waals surface area contributed by atoms with Crippen LogP contribution in [0.3, 0.4) is 0 Å². The van der Waals surface area contributed by atoms with Gasteiger partial charge in [-0.3, -0.25) is 0 Å². The molecule has 0 saturated carbocycles. The van der Waals surface area contributed by atoms with Crippen LogP contribution in [0.15, 0.2) is 35.3 Å². The van der Waals surface area contributed by atoms with Crippen molar-refractivity contribution in [3.8, 4) is 5.69 Å². The molecule has 0 aliphatic rings. The molecule has 0 aliphatic heterocycles. The van der Waals surface area contributed by atoms with Gasteiger partial charge in [-0.1, -0.05) is 15.9 Å². The van der Waals surface area contributed by atoms with Crippen molar-refractivity contribution in [1.82, 2.24) is 14.8 Å². The fraction of sp³-hybridized carbons (Fsp3) is 0.308. The summed E-state index contributed by atoms with van der Waals surface area (Å²) < 4.78 is 12.6. The van der Waals surface area contributed by atoms with Crippen LogP contribution in [0.1, 0.15) is 17.3 Å². The van der Waals surface area contributed by atoms with E-state index in [1.807, 2.05) is 6.92 Å². The van der Waals surface area contributed by atoms with E-state index in [9.17, 15) is 4.79 Å². The Balaban J connectivity index is 2.25. The lowest BCUT2D eigenvalue weighted by Crippen LogP contribution is -2.18. The molecule has 20 heavy (non-hydrogen) atoms. The SMILES string of the molecule is COC(C)COC(=O)c1ccc(Br)cc1-n1cncn1. The summed E-state index contributed by atoms with van der Waals surface area (Å²) >= 11 is 3.37. The van der Waals surface area contributed by atoms with Crippen molar-refractivity contribution < 1.29 is 14.3 Å². The molecule has 0 amide bonds. The van der Waals surface area contributed by atoms with Gasteiger partial charge in [0.25, 0.3) is 0 Å².